The second kappa shape index (κ2) is 9.92. The number of aromatic amines is 2. The van der Waals surface area contributed by atoms with Crippen molar-refractivity contribution in [2.24, 2.45) is 5.92 Å². The first-order valence-electron chi connectivity index (χ1n) is 13.2. The lowest BCUT2D eigenvalue weighted by molar-refractivity contribution is -0.120. The second-order valence-corrected chi connectivity index (χ2v) is 9.92. The van der Waals surface area contributed by atoms with Gasteiger partial charge in [-0.2, -0.15) is 5.10 Å². The highest BCUT2D eigenvalue weighted by atomic mass is 19.1. The minimum absolute atomic E-state index is 0.00527. The standard InChI is InChI=1S/C29H24FN9O/c30-23-22-21(15-34-24(23)17-12-18(14-31-13-17)35-29(40)16-6-2-1-3-7-16)38-39-27(22)28-36-20-9-11-33-25(26(20)37-28)19-8-4-5-10-32-19/h4-5,8-16H,1-3,6-7H2,(H,35,40)(H,36,37)(H,38,39). The van der Waals surface area contributed by atoms with Crippen LogP contribution in [0.15, 0.2) is 61.3 Å². The minimum Gasteiger partial charge on any atom is -0.336 e. The van der Waals surface area contributed by atoms with Crippen LogP contribution in [0.3, 0.4) is 0 Å². The van der Waals surface area contributed by atoms with Gasteiger partial charge in [0.05, 0.1) is 40.2 Å². The summed E-state index contributed by atoms with van der Waals surface area (Å²) in [6.45, 7) is 0. The molecule has 0 spiro atoms. The Morgan fingerprint density at radius 3 is 2.67 bits per heavy atom. The molecule has 0 saturated heterocycles. The molecular weight excluding hydrogens is 509 g/mol. The number of carbonyl (C=O) groups is 1. The zero-order chi connectivity index (χ0) is 27.1. The number of fused-ring (bicyclic) bond motifs is 2. The van der Waals surface area contributed by atoms with E-state index in [2.05, 4.69) is 40.4 Å². The summed E-state index contributed by atoms with van der Waals surface area (Å²) in [5, 5.41) is 10.4. The average Bonchev–Trinajstić information content (AvgIpc) is 3.63. The number of amides is 1. The van der Waals surface area contributed by atoms with Gasteiger partial charge in [-0.15, -0.1) is 0 Å². The third kappa shape index (κ3) is 4.25. The molecule has 198 valence electrons. The Hall–Kier alpha value is -5.06. The van der Waals surface area contributed by atoms with Crippen molar-refractivity contribution in [2.75, 3.05) is 5.32 Å². The lowest BCUT2D eigenvalue weighted by Gasteiger charge is -2.20. The zero-order valence-electron chi connectivity index (χ0n) is 21.4. The predicted octanol–water partition coefficient (Wildman–Crippen LogP) is 5.68. The molecule has 1 saturated carbocycles. The van der Waals surface area contributed by atoms with Gasteiger partial charge in [0.15, 0.2) is 11.6 Å². The molecular formula is C29H24FN9O. The normalized spacial score (nSPS) is 14.1. The number of nitrogens with zero attached hydrogens (tertiary/aromatic N) is 6. The molecule has 0 radical (unpaired) electrons. The topological polar surface area (TPSA) is 138 Å². The van der Waals surface area contributed by atoms with Gasteiger partial charge >= 0.3 is 0 Å². The van der Waals surface area contributed by atoms with Gasteiger partial charge in [0.1, 0.15) is 22.6 Å². The molecule has 6 heterocycles. The highest BCUT2D eigenvalue weighted by Gasteiger charge is 2.23. The number of pyridine rings is 4. The van der Waals surface area contributed by atoms with Crippen LogP contribution in [-0.4, -0.2) is 46.0 Å². The van der Waals surface area contributed by atoms with Crippen LogP contribution in [0.4, 0.5) is 10.1 Å². The smallest absolute Gasteiger partial charge is 0.227 e. The third-order valence-corrected chi connectivity index (χ3v) is 7.33. The molecule has 0 bridgehead atoms. The Labute approximate surface area is 227 Å². The van der Waals surface area contributed by atoms with E-state index in [1.807, 2.05) is 18.2 Å². The summed E-state index contributed by atoms with van der Waals surface area (Å²) < 4.78 is 16.1. The number of nitrogens with one attached hydrogen (secondary N) is 3. The summed E-state index contributed by atoms with van der Waals surface area (Å²) in [5.74, 6) is -0.213. The second-order valence-electron chi connectivity index (χ2n) is 9.92. The van der Waals surface area contributed by atoms with Gasteiger partial charge < -0.3 is 10.3 Å². The quantitative estimate of drug-likeness (QED) is 0.259. The van der Waals surface area contributed by atoms with Crippen molar-refractivity contribution in [3.05, 3.63) is 67.1 Å². The first kappa shape index (κ1) is 24.0. The lowest BCUT2D eigenvalue weighted by atomic mass is 9.88. The molecule has 40 heavy (non-hydrogen) atoms. The van der Waals surface area contributed by atoms with Gasteiger partial charge in [-0.3, -0.25) is 29.8 Å². The van der Waals surface area contributed by atoms with E-state index < -0.39 is 5.82 Å². The van der Waals surface area contributed by atoms with Gasteiger partial charge in [0.25, 0.3) is 0 Å². The third-order valence-electron chi connectivity index (χ3n) is 7.33. The Kier molecular flexibility index (Phi) is 5.95. The summed E-state index contributed by atoms with van der Waals surface area (Å²) >= 11 is 0. The van der Waals surface area contributed by atoms with Crippen molar-refractivity contribution < 1.29 is 9.18 Å². The number of rotatable bonds is 5. The highest BCUT2D eigenvalue weighted by Crippen LogP contribution is 2.34. The van der Waals surface area contributed by atoms with E-state index in [9.17, 15) is 4.79 Å². The number of aromatic nitrogens is 8. The van der Waals surface area contributed by atoms with Crippen LogP contribution in [0.5, 0.6) is 0 Å². The molecule has 0 atom stereocenters. The molecule has 3 N–H and O–H groups in total. The largest absolute Gasteiger partial charge is 0.336 e. The van der Waals surface area contributed by atoms with Crippen molar-refractivity contribution in [2.45, 2.75) is 32.1 Å². The van der Waals surface area contributed by atoms with E-state index in [0.29, 0.717) is 45.2 Å². The van der Waals surface area contributed by atoms with Crippen LogP contribution in [0, 0.1) is 11.7 Å². The van der Waals surface area contributed by atoms with E-state index in [1.165, 1.54) is 18.8 Å². The van der Waals surface area contributed by atoms with Crippen molar-refractivity contribution in [3.63, 3.8) is 0 Å². The van der Waals surface area contributed by atoms with E-state index in [4.69, 9.17) is 4.98 Å². The van der Waals surface area contributed by atoms with E-state index in [-0.39, 0.29) is 22.9 Å². The maximum atomic E-state index is 16.1. The maximum absolute atomic E-state index is 16.1. The van der Waals surface area contributed by atoms with Crippen LogP contribution in [-0.2, 0) is 4.79 Å². The van der Waals surface area contributed by atoms with Crippen LogP contribution >= 0.6 is 0 Å². The Morgan fingerprint density at radius 2 is 1.82 bits per heavy atom. The zero-order valence-corrected chi connectivity index (χ0v) is 21.4. The number of H-pyrrole nitrogens is 2. The van der Waals surface area contributed by atoms with Crippen molar-refractivity contribution >= 4 is 33.5 Å². The van der Waals surface area contributed by atoms with E-state index in [1.54, 1.807) is 30.7 Å². The van der Waals surface area contributed by atoms with E-state index in [0.717, 1.165) is 31.2 Å². The Bertz CT molecular complexity index is 1860. The fourth-order valence-electron chi connectivity index (χ4n) is 5.33. The molecule has 0 aromatic carbocycles. The monoisotopic (exact) mass is 533 g/mol. The lowest BCUT2D eigenvalue weighted by Crippen LogP contribution is -2.24. The van der Waals surface area contributed by atoms with Gasteiger partial charge in [0, 0.05) is 30.1 Å². The van der Waals surface area contributed by atoms with Crippen molar-refractivity contribution in [1.29, 1.82) is 0 Å². The fourth-order valence-corrected chi connectivity index (χ4v) is 5.33. The molecule has 1 amide bonds. The molecule has 11 heteroatoms. The summed E-state index contributed by atoms with van der Waals surface area (Å²) in [4.78, 5) is 38.2. The molecule has 1 fully saturated rings. The molecule has 0 unspecified atom stereocenters. The van der Waals surface area contributed by atoms with Gasteiger partial charge in [-0.25, -0.2) is 9.37 Å². The number of halogens is 1. The summed E-state index contributed by atoms with van der Waals surface area (Å²) in [6, 6.07) is 9.07. The maximum Gasteiger partial charge on any atom is 0.227 e. The molecule has 1 aliphatic carbocycles. The molecule has 1 aliphatic rings. The van der Waals surface area contributed by atoms with Crippen LogP contribution in [0.1, 0.15) is 32.1 Å². The van der Waals surface area contributed by atoms with Crippen LogP contribution in [0.25, 0.3) is 56.1 Å². The molecule has 7 rings (SSSR count). The first-order valence-corrected chi connectivity index (χ1v) is 13.2. The number of imidazole rings is 1. The number of hydrogen-bond donors (Lipinski definition) is 3. The van der Waals surface area contributed by atoms with Crippen molar-refractivity contribution in [1.82, 2.24) is 40.1 Å². The average molecular weight is 534 g/mol. The number of hydrogen-bond acceptors (Lipinski definition) is 7. The fraction of sp³-hybridized carbons (Fsp3) is 0.207. The van der Waals surface area contributed by atoms with Crippen molar-refractivity contribution in [3.8, 4) is 34.2 Å². The van der Waals surface area contributed by atoms with E-state index >= 15 is 4.39 Å². The minimum atomic E-state index is -0.567. The molecule has 0 aliphatic heterocycles. The SMILES string of the molecule is O=C(Nc1cncc(-c2ncc3[nH]nc(-c4nc5c(-c6ccccn6)nccc5[nH]4)c3c2F)c1)C1CCCCC1. The number of carbonyl (C=O) groups excluding carboxylic acids is 1. The van der Waals surface area contributed by atoms with Crippen LogP contribution in [0.2, 0.25) is 0 Å². The first-order chi connectivity index (χ1) is 19.7. The Balaban J connectivity index is 1.26. The van der Waals surface area contributed by atoms with Gasteiger partial charge in [0.2, 0.25) is 5.91 Å². The van der Waals surface area contributed by atoms with Gasteiger partial charge in [-0.1, -0.05) is 25.3 Å². The Morgan fingerprint density at radius 1 is 0.925 bits per heavy atom. The van der Waals surface area contributed by atoms with Gasteiger partial charge in [-0.05, 0) is 37.1 Å². The molecule has 6 aromatic rings. The predicted molar refractivity (Wildman–Crippen MR) is 148 cm³/mol. The summed E-state index contributed by atoms with van der Waals surface area (Å²) in [7, 11) is 0. The highest BCUT2D eigenvalue weighted by molar-refractivity contribution is 5.97. The summed E-state index contributed by atoms with van der Waals surface area (Å²) in [5.41, 5.74) is 4.41. The summed E-state index contributed by atoms with van der Waals surface area (Å²) in [6.07, 6.45) is 13.0. The van der Waals surface area contributed by atoms with Crippen LogP contribution < -0.4 is 5.32 Å². The number of anilines is 1. The molecule has 10 nitrogen and oxygen atoms in total. The molecule has 6 aromatic heterocycles.